The molecule has 0 aromatic rings. The van der Waals surface area contributed by atoms with Crippen LogP contribution in [-0.2, 0) is 4.57 Å². The second-order valence-electron chi connectivity index (χ2n) is 6.46. The number of phosphoric acid groups is 1. The average Bonchev–Trinajstić information content (AvgIpc) is 2.46. The van der Waals surface area contributed by atoms with E-state index in [-0.39, 0.29) is 69.2 Å². The third-order valence-corrected chi connectivity index (χ3v) is 3.96. The third-order valence-electron chi connectivity index (χ3n) is 3.96. The van der Waals surface area contributed by atoms with Crippen LogP contribution < -0.4 is 0 Å². The van der Waals surface area contributed by atoms with Crippen molar-refractivity contribution < 1.29 is 19.2 Å². The summed E-state index contributed by atoms with van der Waals surface area (Å²) in [7, 11) is -4.64. The highest BCUT2D eigenvalue weighted by Crippen LogP contribution is 2.25. The lowest BCUT2D eigenvalue weighted by atomic mass is 10.0. The Kier molecular flexibility index (Phi) is 48.1. The van der Waals surface area contributed by atoms with Gasteiger partial charge in [0, 0.05) is 0 Å². The first-order valence-electron chi connectivity index (χ1n) is 9.70. The molecular formula is C18H47Mg3O4P. The predicted octanol–water partition coefficient (Wildman–Crippen LogP) is 3.59. The molecule has 0 aliphatic heterocycles. The highest BCUT2D eigenvalue weighted by atomic mass is 31.2. The van der Waals surface area contributed by atoms with E-state index in [1.54, 1.807) is 0 Å². The SMILES string of the molecule is CCCCCCCCCCCCCCCCCC.O=P(O)(O)O.[MgH2].[MgH2].[MgH2]. The molecule has 0 radical (unpaired) electrons. The summed E-state index contributed by atoms with van der Waals surface area (Å²) in [5.74, 6) is 0. The fraction of sp³-hybridized carbons (Fsp3) is 1.00. The zero-order valence-electron chi connectivity index (χ0n) is 15.5. The zero-order valence-corrected chi connectivity index (χ0v) is 16.4. The molecular weight excluding hydrogens is 384 g/mol. The van der Waals surface area contributed by atoms with E-state index >= 15 is 0 Å². The molecule has 0 saturated carbocycles. The van der Waals surface area contributed by atoms with Gasteiger partial charge in [-0.1, -0.05) is 117 Å². The fourth-order valence-electron chi connectivity index (χ4n) is 2.62. The Bertz CT molecular complexity index is 243. The summed E-state index contributed by atoms with van der Waals surface area (Å²) in [5.41, 5.74) is 0. The standard InChI is InChI=1S/C18H38.3Mg.H3O4P.6H/c1-3-5-7-9-11-13-15-17-18-16-14-12-10-8-6-4-2;;;;1-5(2,3)4;;;;;;/h3-18H2,1-2H3;;;;(H3,1,2,3,4);;;;;;. The van der Waals surface area contributed by atoms with Crippen LogP contribution in [0, 0.1) is 0 Å². The largest absolute Gasteiger partial charge is 0.466 e. The third kappa shape index (κ3) is 56.3. The molecule has 154 valence electrons. The molecule has 26 heavy (non-hydrogen) atoms. The molecule has 0 aliphatic carbocycles. The number of unbranched alkanes of at least 4 members (excludes halogenated alkanes) is 15. The predicted molar refractivity (Wildman–Crippen MR) is 125 cm³/mol. The molecule has 0 heterocycles. The Morgan fingerprint density at radius 1 is 0.462 bits per heavy atom. The first-order chi connectivity index (χ1) is 10.9. The molecule has 0 amide bonds. The van der Waals surface area contributed by atoms with Gasteiger partial charge >= 0.3 is 77.0 Å². The first kappa shape index (κ1) is 38.9. The second-order valence-corrected chi connectivity index (χ2v) is 7.49. The fourth-order valence-corrected chi connectivity index (χ4v) is 2.62. The maximum atomic E-state index is 8.88. The molecule has 0 atom stereocenters. The summed E-state index contributed by atoms with van der Waals surface area (Å²) in [4.78, 5) is 21.6. The first-order valence-corrected chi connectivity index (χ1v) is 11.3. The van der Waals surface area contributed by atoms with Gasteiger partial charge in [0.25, 0.3) is 0 Å². The summed E-state index contributed by atoms with van der Waals surface area (Å²) in [6.07, 6.45) is 23.4. The van der Waals surface area contributed by atoms with Gasteiger partial charge in [-0.25, -0.2) is 4.57 Å². The maximum absolute atomic E-state index is 8.88. The molecule has 0 fully saturated rings. The van der Waals surface area contributed by atoms with Gasteiger partial charge in [-0.2, -0.15) is 0 Å². The highest BCUT2D eigenvalue weighted by molar-refractivity contribution is 7.45. The second kappa shape index (κ2) is 32.1. The number of rotatable bonds is 15. The van der Waals surface area contributed by atoms with Crippen molar-refractivity contribution in [3.05, 3.63) is 0 Å². The quantitative estimate of drug-likeness (QED) is 0.210. The van der Waals surface area contributed by atoms with Gasteiger partial charge in [0.1, 0.15) is 0 Å². The van der Waals surface area contributed by atoms with E-state index in [4.69, 9.17) is 19.2 Å². The summed E-state index contributed by atoms with van der Waals surface area (Å²) in [5, 5.41) is 0. The number of hydrogen-bond acceptors (Lipinski definition) is 1. The molecule has 4 nitrogen and oxygen atoms in total. The Morgan fingerprint density at radius 3 is 0.692 bits per heavy atom. The molecule has 8 heteroatoms. The summed E-state index contributed by atoms with van der Waals surface area (Å²) < 4.78 is 8.88. The minimum absolute atomic E-state index is 0. The van der Waals surface area contributed by atoms with Crippen molar-refractivity contribution in [3.63, 3.8) is 0 Å². The van der Waals surface area contributed by atoms with E-state index in [0.29, 0.717) is 0 Å². The molecule has 0 spiro atoms. The van der Waals surface area contributed by atoms with Crippen molar-refractivity contribution in [2.24, 2.45) is 0 Å². The maximum Gasteiger partial charge on any atom is 0.466 e. The van der Waals surface area contributed by atoms with E-state index < -0.39 is 7.82 Å². The topological polar surface area (TPSA) is 77.8 Å². The molecule has 0 bridgehead atoms. The zero-order chi connectivity index (χ0) is 17.8. The van der Waals surface area contributed by atoms with Gasteiger partial charge in [-0.15, -0.1) is 0 Å². The lowest BCUT2D eigenvalue weighted by Crippen LogP contribution is -1.83. The van der Waals surface area contributed by atoms with Crippen LogP contribution in [0.2, 0.25) is 0 Å². The lowest BCUT2D eigenvalue weighted by molar-refractivity contribution is 0.275. The van der Waals surface area contributed by atoms with Gasteiger partial charge < -0.3 is 14.7 Å². The van der Waals surface area contributed by atoms with Crippen molar-refractivity contribution in [3.8, 4) is 0 Å². The Balaban J connectivity index is -0.000000162. The van der Waals surface area contributed by atoms with Crippen molar-refractivity contribution in [2.45, 2.75) is 117 Å². The summed E-state index contributed by atoms with van der Waals surface area (Å²) in [6.45, 7) is 4.59. The molecule has 0 aliphatic rings. The molecule has 0 saturated heterocycles. The van der Waals surface area contributed by atoms with E-state index in [9.17, 15) is 0 Å². The van der Waals surface area contributed by atoms with E-state index in [0.717, 1.165) is 0 Å². The van der Waals surface area contributed by atoms with Crippen molar-refractivity contribution in [1.82, 2.24) is 0 Å². The minimum Gasteiger partial charge on any atom is -0.303 e. The molecule has 3 N–H and O–H groups in total. The van der Waals surface area contributed by atoms with E-state index in [1.807, 2.05) is 0 Å². The van der Waals surface area contributed by atoms with Crippen LogP contribution in [0.5, 0.6) is 0 Å². The van der Waals surface area contributed by atoms with Crippen LogP contribution in [0.1, 0.15) is 117 Å². The van der Waals surface area contributed by atoms with E-state index in [1.165, 1.54) is 103 Å². The summed E-state index contributed by atoms with van der Waals surface area (Å²) in [6, 6.07) is 0. The molecule has 0 aromatic heterocycles. The van der Waals surface area contributed by atoms with Crippen LogP contribution in [0.15, 0.2) is 0 Å². The molecule has 0 aromatic carbocycles. The van der Waals surface area contributed by atoms with Crippen LogP contribution in [0.25, 0.3) is 0 Å². The van der Waals surface area contributed by atoms with Crippen molar-refractivity contribution in [2.75, 3.05) is 0 Å². The van der Waals surface area contributed by atoms with Crippen LogP contribution in [-0.4, -0.2) is 83.8 Å². The van der Waals surface area contributed by atoms with Crippen LogP contribution in [0.3, 0.4) is 0 Å². The van der Waals surface area contributed by atoms with Gasteiger partial charge in [-0.3, -0.25) is 0 Å². The Morgan fingerprint density at radius 2 is 0.577 bits per heavy atom. The van der Waals surface area contributed by atoms with Crippen molar-refractivity contribution in [1.29, 1.82) is 0 Å². The molecule has 0 unspecified atom stereocenters. The minimum atomic E-state index is -4.64. The van der Waals surface area contributed by atoms with Crippen LogP contribution >= 0.6 is 7.82 Å². The van der Waals surface area contributed by atoms with Crippen molar-refractivity contribution >= 4 is 77.0 Å². The Hall–Kier alpha value is 2.41. The summed E-state index contributed by atoms with van der Waals surface area (Å²) >= 11 is 0. The van der Waals surface area contributed by atoms with Gasteiger partial charge in [0.2, 0.25) is 0 Å². The highest BCUT2D eigenvalue weighted by Gasteiger charge is 2.00. The normalized spacial score (nSPS) is 9.88. The lowest BCUT2D eigenvalue weighted by Gasteiger charge is -2.03. The van der Waals surface area contributed by atoms with Gasteiger partial charge in [0.15, 0.2) is 0 Å². The Labute approximate surface area is 211 Å². The molecule has 0 rings (SSSR count). The average molecular weight is 431 g/mol. The number of hydrogen-bond donors (Lipinski definition) is 3. The smallest absolute Gasteiger partial charge is 0.303 e. The van der Waals surface area contributed by atoms with Gasteiger partial charge in [0.05, 0.1) is 0 Å². The monoisotopic (exact) mass is 430 g/mol. The van der Waals surface area contributed by atoms with E-state index in [2.05, 4.69) is 13.8 Å². The van der Waals surface area contributed by atoms with Gasteiger partial charge in [-0.05, 0) is 0 Å². The van der Waals surface area contributed by atoms with Crippen LogP contribution in [0.4, 0.5) is 0 Å².